The van der Waals surface area contributed by atoms with Crippen molar-refractivity contribution in [1.82, 2.24) is 9.71 Å². The molecule has 138 valence electrons. The van der Waals surface area contributed by atoms with Gasteiger partial charge in [0.2, 0.25) is 22.7 Å². The lowest BCUT2D eigenvalue weighted by atomic mass is 10.2. The Hall–Kier alpha value is -3.17. The first-order valence-electron chi connectivity index (χ1n) is 8.06. The van der Waals surface area contributed by atoms with Crippen LogP contribution in [0, 0.1) is 0 Å². The fourth-order valence-corrected chi connectivity index (χ4v) is 3.68. The summed E-state index contributed by atoms with van der Waals surface area (Å²) in [6.07, 6.45) is 1.63. The van der Waals surface area contributed by atoms with E-state index in [1.54, 1.807) is 24.4 Å². The second-order valence-corrected chi connectivity index (χ2v) is 7.54. The molecule has 0 bridgehead atoms. The summed E-state index contributed by atoms with van der Waals surface area (Å²) in [5.74, 6) is 0.330. The molecule has 2 aromatic carbocycles. The Bertz CT molecular complexity index is 1130. The minimum atomic E-state index is -3.87. The maximum Gasteiger partial charge on any atom is 0.241 e. The quantitative estimate of drug-likeness (QED) is 0.695. The SMILES string of the molecule is O=C(CNS(=O)(=O)c1ccc2c(c1)OCO2)Nc1cccc2cccnc12. The average Bonchev–Trinajstić information content (AvgIpc) is 3.15. The zero-order chi connectivity index (χ0) is 18.9. The van der Waals surface area contributed by atoms with Crippen LogP contribution in [0.2, 0.25) is 0 Å². The van der Waals surface area contributed by atoms with E-state index < -0.39 is 22.5 Å². The first-order chi connectivity index (χ1) is 13.0. The minimum Gasteiger partial charge on any atom is -0.454 e. The van der Waals surface area contributed by atoms with Gasteiger partial charge in [0.1, 0.15) is 0 Å². The van der Waals surface area contributed by atoms with Gasteiger partial charge in [-0.15, -0.1) is 0 Å². The fraction of sp³-hybridized carbons (Fsp3) is 0.111. The summed E-state index contributed by atoms with van der Waals surface area (Å²) in [6, 6.07) is 13.3. The molecule has 0 spiro atoms. The molecule has 1 aliphatic heterocycles. The van der Waals surface area contributed by atoms with Crippen molar-refractivity contribution in [2.75, 3.05) is 18.7 Å². The predicted octanol–water partition coefficient (Wildman–Crippen LogP) is 1.88. The van der Waals surface area contributed by atoms with E-state index in [9.17, 15) is 13.2 Å². The first-order valence-corrected chi connectivity index (χ1v) is 9.54. The van der Waals surface area contributed by atoms with Crippen LogP contribution in [0.5, 0.6) is 11.5 Å². The van der Waals surface area contributed by atoms with Gasteiger partial charge in [0.15, 0.2) is 11.5 Å². The highest BCUT2D eigenvalue weighted by atomic mass is 32.2. The number of para-hydroxylation sites is 1. The third kappa shape index (κ3) is 3.55. The summed E-state index contributed by atoms with van der Waals surface area (Å²) in [6.45, 7) is -0.367. The third-order valence-electron chi connectivity index (χ3n) is 3.98. The molecule has 0 unspecified atom stereocenters. The molecule has 0 radical (unpaired) electrons. The number of amides is 1. The lowest BCUT2D eigenvalue weighted by Crippen LogP contribution is -2.33. The topological polar surface area (TPSA) is 107 Å². The molecule has 27 heavy (non-hydrogen) atoms. The number of nitrogens with one attached hydrogen (secondary N) is 2. The van der Waals surface area contributed by atoms with Gasteiger partial charge in [-0.2, -0.15) is 0 Å². The molecule has 0 saturated heterocycles. The van der Waals surface area contributed by atoms with Crippen LogP contribution in [0.15, 0.2) is 59.6 Å². The zero-order valence-corrected chi connectivity index (χ0v) is 14.8. The molecular weight excluding hydrogens is 370 g/mol. The molecule has 2 N–H and O–H groups in total. The highest BCUT2D eigenvalue weighted by Gasteiger charge is 2.21. The smallest absolute Gasteiger partial charge is 0.241 e. The van der Waals surface area contributed by atoms with Crippen LogP contribution in [-0.2, 0) is 14.8 Å². The molecule has 1 aromatic heterocycles. The van der Waals surface area contributed by atoms with E-state index in [1.807, 2.05) is 12.1 Å². The molecule has 2 heterocycles. The number of hydrogen-bond donors (Lipinski definition) is 2. The maximum atomic E-state index is 12.4. The molecule has 0 atom stereocenters. The maximum absolute atomic E-state index is 12.4. The molecule has 0 saturated carbocycles. The van der Waals surface area contributed by atoms with E-state index in [0.717, 1.165) is 5.39 Å². The monoisotopic (exact) mass is 385 g/mol. The number of ether oxygens (including phenoxy) is 2. The van der Waals surface area contributed by atoms with Crippen molar-refractivity contribution < 1.29 is 22.7 Å². The van der Waals surface area contributed by atoms with Crippen molar-refractivity contribution in [3.63, 3.8) is 0 Å². The fourth-order valence-electron chi connectivity index (χ4n) is 2.69. The van der Waals surface area contributed by atoms with E-state index in [4.69, 9.17) is 9.47 Å². The Balaban J connectivity index is 1.45. The first kappa shape index (κ1) is 17.3. The van der Waals surface area contributed by atoms with E-state index in [2.05, 4.69) is 15.0 Å². The molecule has 8 nitrogen and oxygen atoms in total. The van der Waals surface area contributed by atoms with Gasteiger partial charge in [-0.05, 0) is 24.3 Å². The number of nitrogens with zero attached hydrogens (tertiary/aromatic N) is 1. The van der Waals surface area contributed by atoms with Gasteiger partial charge >= 0.3 is 0 Å². The molecule has 3 aromatic rings. The second kappa shape index (κ2) is 6.86. The van der Waals surface area contributed by atoms with Gasteiger partial charge in [-0.1, -0.05) is 18.2 Å². The summed E-state index contributed by atoms with van der Waals surface area (Å²) >= 11 is 0. The lowest BCUT2D eigenvalue weighted by Gasteiger charge is -2.10. The molecule has 0 fully saturated rings. The van der Waals surface area contributed by atoms with Crippen molar-refractivity contribution >= 4 is 32.5 Å². The van der Waals surface area contributed by atoms with Crippen molar-refractivity contribution in [2.45, 2.75) is 4.90 Å². The highest BCUT2D eigenvalue weighted by molar-refractivity contribution is 7.89. The standard InChI is InChI=1S/C18H15N3O5S/c22-17(21-14-5-1-3-12-4-2-8-19-18(12)14)10-20-27(23,24)13-6-7-15-16(9-13)26-11-25-15/h1-9,20H,10-11H2,(H,21,22). The van der Waals surface area contributed by atoms with Gasteiger partial charge < -0.3 is 14.8 Å². The number of benzene rings is 2. The number of carbonyl (C=O) groups is 1. The van der Waals surface area contributed by atoms with Gasteiger partial charge in [0.05, 0.1) is 22.6 Å². The number of hydrogen-bond acceptors (Lipinski definition) is 6. The summed E-state index contributed by atoms with van der Waals surface area (Å²) in [7, 11) is -3.87. The number of carbonyl (C=O) groups excluding carboxylic acids is 1. The minimum absolute atomic E-state index is 0.00798. The Morgan fingerprint density at radius 3 is 2.78 bits per heavy atom. The summed E-state index contributed by atoms with van der Waals surface area (Å²) < 4.78 is 37.4. The van der Waals surface area contributed by atoms with Crippen molar-refractivity contribution in [1.29, 1.82) is 0 Å². The van der Waals surface area contributed by atoms with Crippen LogP contribution >= 0.6 is 0 Å². The summed E-state index contributed by atoms with van der Waals surface area (Å²) in [5.41, 5.74) is 1.15. The second-order valence-electron chi connectivity index (χ2n) is 5.77. The number of rotatable bonds is 5. The van der Waals surface area contributed by atoms with E-state index >= 15 is 0 Å². The van der Waals surface area contributed by atoms with Crippen LogP contribution in [0.4, 0.5) is 5.69 Å². The van der Waals surface area contributed by atoms with Crippen LogP contribution < -0.4 is 19.5 Å². The van der Waals surface area contributed by atoms with Crippen molar-refractivity contribution in [2.24, 2.45) is 0 Å². The predicted molar refractivity (Wildman–Crippen MR) is 98.1 cm³/mol. The lowest BCUT2D eigenvalue weighted by molar-refractivity contribution is -0.115. The highest BCUT2D eigenvalue weighted by Crippen LogP contribution is 2.33. The van der Waals surface area contributed by atoms with E-state index in [0.29, 0.717) is 22.7 Å². The third-order valence-corrected chi connectivity index (χ3v) is 5.38. The van der Waals surface area contributed by atoms with Crippen LogP contribution in [0.25, 0.3) is 10.9 Å². The van der Waals surface area contributed by atoms with E-state index in [-0.39, 0.29) is 11.7 Å². The molecule has 0 aliphatic carbocycles. The Morgan fingerprint density at radius 1 is 1.07 bits per heavy atom. The molecular formula is C18H15N3O5S. The molecule has 1 amide bonds. The number of pyridine rings is 1. The number of fused-ring (bicyclic) bond motifs is 2. The number of sulfonamides is 1. The van der Waals surface area contributed by atoms with Crippen LogP contribution in [0.1, 0.15) is 0 Å². The van der Waals surface area contributed by atoms with Crippen molar-refractivity contribution in [3.05, 3.63) is 54.7 Å². The summed E-state index contributed by atoms with van der Waals surface area (Å²) in [4.78, 5) is 16.4. The van der Waals surface area contributed by atoms with Gasteiger partial charge in [-0.25, -0.2) is 13.1 Å². The number of aromatic nitrogens is 1. The average molecular weight is 385 g/mol. The largest absolute Gasteiger partial charge is 0.454 e. The zero-order valence-electron chi connectivity index (χ0n) is 14.0. The number of anilines is 1. The van der Waals surface area contributed by atoms with Gasteiger partial charge in [0.25, 0.3) is 0 Å². The molecule has 9 heteroatoms. The van der Waals surface area contributed by atoms with Crippen molar-refractivity contribution in [3.8, 4) is 11.5 Å². The molecule has 1 aliphatic rings. The Morgan fingerprint density at radius 2 is 1.89 bits per heavy atom. The Labute approximate surface area is 155 Å². The van der Waals surface area contributed by atoms with Gasteiger partial charge in [0, 0.05) is 17.6 Å². The van der Waals surface area contributed by atoms with Crippen LogP contribution in [-0.4, -0.2) is 32.6 Å². The van der Waals surface area contributed by atoms with Gasteiger partial charge in [-0.3, -0.25) is 9.78 Å². The Kier molecular flexibility index (Phi) is 4.38. The normalized spacial score (nSPS) is 12.9. The summed E-state index contributed by atoms with van der Waals surface area (Å²) in [5, 5.41) is 3.55. The van der Waals surface area contributed by atoms with Crippen LogP contribution in [0.3, 0.4) is 0 Å². The molecule has 4 rings (SSSR count). The van der Waals surface area contributed by atoms with E-state index in [1.165, 1.54) is 18.2 Å².